The van der Waals surface area contributed by atoms with Gasteiger partial charge in [-0.1, -0.05) is 36.8 Å². The monoisotopic (exact) mass is 305 g/mol. The van der Waals surface area contributed by atoms with Crippen LogP contribution in [0, 0.1) is 6.92 Å². The zero-order valence-corrected chi connectivity index (χ0v) is 14.9. The summed E-state index contributed by atoms with van der Waals surface area (Å²) in [6.45, 7) is 10.0. The van der Waals surface area contributed by atoms with Gasteiger partial charge >= 0.3 is 6.03 Å². The van der Waals surface area contributed by atoms with Gasteiger partial charge in [-0.25, -0.2) is 4.79 Å². The number of hydrogen-bond acceptors (Lipinski definition) is 2. The number of carbonyl (C=O) groups is 1. The predicted octanol–water partition coefficient (Wildman–Crippen LogP) is 3.43. The van der Waals surface area contributed by atoms with Crippen molar-refractivity contribution in [2.45, 2.75) is 46.2 Å². The van der Waals surface area contributed by atoms with Crippen LogP contribution in [-0.4, -0.2) is 49.1 Å². The minimum atomic E-state index is -0.0226. The smallest absolute Gasteiger partial charge is 0.317 e. The predicted molar refractivity (Wildman–Crippen MR) is 93.1 cm³/mol. The van der Waals surface area contributed by atoms with E-state index in [-0.39, 0.29) is 12.1 Å². The van der Waals surface area contributed by atoms with Crippen LogP contribution in [0.1, 0.15) is 44.4 Å². The highest BCUT2D eigenvalue weighted by atomic mass is 16.2. The zero-order valence-electron chi connectivity index (χ0n) is 14.9. The van der Waals surface area contributed by atoms with Gasteiger partial charge in [-0.05, 0) is 39.8 Å². The van der Waals surface area contributed by atoms with Crippen molar-refractivity contribution >= 4 is 6.03 Å². The summed E-state index contributed by atoms with van der Waals surface area (Å²) in [5.41, 5.74) is 2.39. The Bertz CT molecular complexity index is 458. The molecule has 0 bridgehead atoms. The van der Waals surface area contributed by atoms with Gasteiger partial charge in [-0.2, -0.15) is 0 Å². The molecule has 4 heteroatoms. The van der Waals surface area contributed by atoms with Gasteiger partial charge < -0.3 is 15.1 Å². The van der Waals surface area contributed by atoms with E-state index in [0.717, 1.165) is 18.5 Å². The summed E-state index contributed by atoms with van der Waals surface area (Å²) in [7, 11) is 3.94. The van der Waals surface area contributed by atoms with Crippen molar-refractivity contribution < 1.29 is 4.79 Å². The molecular formula is C18H31N3O. The maximum absolute atomic E-state index is 12.2. The fourth-order valence-corrected chi connectivity index (χ4v) is 2.24. The molecule has 0 fully saturated rings. The summed E-state index contributed by atoms with van der Waals surface area (Å²) < 4.78 is 0. The molecule has 1 aromatic carbocycles. The fourth-order valence-electron chi connectivity index (χ4n) is 2.24. The average molecular weight is 305 g/mol. The van der Waals surface area contributed by atoms with E-state index in [1.54, 1.807) is 4.90 Å². The number of likely N-dealkylation sites (N-methyl/N-ethyl adjacent to an activating group) is 1. The van der Waals surface area contributed by atoms with Crippen molar-refractivity contribution in [3.05, 3.63) is 35.4 Å². The number of hydrogen-bond donors (Lipinski definition) is 1. The highest BCUT2D eigenvalue weighted by Crippen LogP contribution is 2.18. The molecule has 0 saturated carbocycles. The summed E-state index contributed by atoms with van der Waals surface area (Å²) >= 11 is 0. The Kier molecular flexibility index (Phi) is 7.39. The van der Waals surface area contributed by atoms with E-state index in [1.165, 1.54) is 5.56 Å². The second-order valence-corrected chi connectivity index (χ2v) is 6.17. The van der Waals surface area contributed by atoms with Crippen LogP contribution in [-0.2, 0) is 0 Å². The van der Waals surface area contributed by atoms with Crippen molar-refractivity contribution in [1.82, 2.24) is 15.1 Å². The van der Waals surface area contributed by atoms with Gasteiger partial charge in [0.15, 0.2) is 0 Å². The maximum Gasteiger partial charge on any atom is 0.317 e. The Morgan fingerprint density at radius 1 is 1.18 bits per heavy atom. The Morgan fingerprint density at radius 2 is 1.77 bits per heavy atom. The Labute approximate surface area is 135 Å². The number of aryl methyl sites for hydroxylation is 1. The summed E-state index contributed by atoms with van der Waals surface area (Å²) in [6.07, 6.45) is 1.12. The van der Waals surface area contributed by atoms with Crippen LogP contribution < -0.4 is 5.32 Å². The largest absolute Gasteiger partial charge is 0.337 e. The van der Waals surface area contributed by atoms with Gasteiger partial charge in [0.25, 0.3) is 0 Å². The van der Waals surface area contributed by atoms with Crippen molar-refractivity contribution in [2.24, 2.45) is 0 Å². The van der Waals surface area contributed by atoms with Gasteiger partial charge in [0.2, 0.25) is 0 Å². The Balaban J connectivity index is 2.46. The summed E-state index contributed by atoms with van der Waals surface area (Å²) in [4.78, 5) is 16.3. The molecule has 0 aliphatic carbocycles. The second kappa shape index (κ2) is 8.79. The van der Waals surface area contributed by atoms with Gasteiger partial charge in [0.1, 0.15) is 0 Å². The quantitative estimate of drug-likeness (QED) is 0.837. The number of nitrogens with zero attached hydrogens (tertiary/aromatic N) is 2. The van der Waals surface area contributed by atoms with E-state index in [4.69, 9.17) is 0 Å². The van der Waals surface area contributed by atoms with E-state index >= 15 is 0 Å². The number of urea groups is 1. The van der Waals surface area contributed by atoms with Gasteiger partial charge in [-0.15, -0.1) is 0 Å². The zero-order chi connectivity index (χ0) is 16.7. The van der Waals surface area contributed by atoms with E-state index in [1.807, 2.05) is 7.05 Å². The van der Waals surface area contributed by atoms with Crippen LogP contribution in [0.25, 0.3) is 0 Å². The fraction of sp³-hybridized carbons (Fsp3) is 0.611. The van der Waals surface area contributed by atoms with E-state index in [9.17, 15) is 4.79 Å². The van der Waals surface area contributed by atoms with Crippen LogP contribution in [0.4, 0.5) is 4.79 Å². The van der Waals surface area contributed by atoms with Gasteiger partial charge in [0, 0.05) is 26.2 Å². The third-order valence-corrected chi connectivity index (χ3v) is 4.55. The first-order chi connectivity index (χ1) is 10.4. The molecule has 0 heterocycles. The first-order valence-corrected chi connectivity index (χ1v) is 8.14. The van der Waals surface area contributed by atoms with Crippen molar-refractivity contribution in [1.29, 1.82) is 0 Å². The van der Waals surface area contributed by atoms with Crippen LogP contribution in [0.15, 0.2) is 24.3 Å². The van der Waals surface area contributed by atoms with E-state index in [2.05, 4.69) is 69.2 Å². The molecule has 0 aliphatic rings. The molecule has 4 nitrogen and oxygen atoms in total. The molecule has 1 N–H and O–H groups in total. The molecule has 0 aliphatic heterocycles. The lowest BCUT2D eigenvalue weighted by Gasteiger charge is -2.27. The molecule has 0 radical (unpaired) electrons. The molecule has 0 unspecified atom stereocenters. The van der Waals surface area contributed by atoms with E-state index in [0.29, 0.717) is 12.6 Å². The number of rotatable bonds is 7. The first-order valence-electron chi connectivity index (χ1n) is 8.14. The molecule has 1 aromatic rings. The minimum Gasteiger partial charge on any atom is -0.337 e. The SMILES string of the molecule is CC[C@H](C)N(C)CCNC(=O)N(C)[C@H](C)c1ccc(C)cc1. The average Bonchev–Trinajstić information content (AvgIpc) is 2.53. The molecule has 2 atom stereocenters. The number of amides is 2. The molecule has 0 saturated heterocycles. The molecule has 2 amide bonds. The third-order valence-electron chi connectivity index (χ3n) is 4.55. The second-order valence-electron chi connectivity index (χ2n) is 6.17. The summed E-state index contributed by atoms with van der Waals surface area (Å²) in [5.74, 6) is 0. The van der Waals surface area contributed by atoms with Crippen LogP contribution in [0.2, 0.25) is 0 Å². The van der Waals surface area contributed by atoms with Crippen LogP contribution in [0.5, 0.6) is 0 Å². The lowest BCUT2D eigenvalue weighted by atomic mass is 10.1. The lowest BCUT2D eigenvalue weighted by molar-refractivity contribution is 0.190. The highest BCUT2D eigenvalue weighted by molar-refractivity contribution is 5.74. The first kappa shape index (κ1) is 18.5. The normalized spacial score (nSPS) is 13.8. The topological polar surface area (TPSA) is 35.6 Å². The van der Waals surface area contributed by atoms with Crippen molar-refractivity contribution in [3.63, 3.8) is 0 Å². The van der Waals surface area contributed by atoms with Gasteiger partial charge in [-0.3, -0.25) is 0 Å². The summed E-state index contributed by atoms with van der Waals surface area (Å²) in [6, 6.07) is 8.91. The number of carbonyl (C=O) groups excluding carboxylic acids is 1. The molecule has 22 heavy (non-hydrogen) atoms. The third kappa shape index (κ3) is 5.34. The lowest BCUT2D eigenvalue weighted by Crippen LogP contribution is -2.42. The number of nitrogens with one attached hydrogen (secondary N) is 1. The minimum absolute atomic E-state index is 0.0226. The maximum atomic E-state index is 12.2. The van der Waals surface area contributed by atoms with Crippen LogP contribution in [0.3, 0.4) is 0 Å². The van der Waals surface area contributed by atoms with Crippen molar-refractivity contribution in [3.8, 4) is 0 Å². The Hall–Kier alpha value is -1.55. The highest BCUT2D eigenvalue weighted by Gasteiger charge is 2.17. The molecular weight excluding hydrogens is 274 g/mol. The van der Waals surface area contributed by atoms with Crippen LogP contribution >= 0.6 is 0 Å². The standard InChI is InChI=1S/C18H31N3O/c1-7-15(3)20(5)13-12-19-18(22)21(6)16(4)17-10-8-14(2)9-11-17/h8-11,15-16H,7,12-13H2,1-6H3,(H,19,22)/t15-,16+/m0/s1. The molecule has 124 valence electrons. The molecule has 1 rings (SSSR count). The van der Waals surface area contributed by atoms with Gasteiger partial charge in [0.05, 0.1) is 6.04 Å². The van der Waals surface area contributed by atoms with Crippen molar-refractivity contribution in [2.75, 3.05) is 27.2 Å². The Morgan fingerprint density at radius 3 is 2.32 bits per heavy atom. The number of benzene rings is 1. The summed E-state index contributed by atoms with van der Waals surface area (Å²) in [5, 5.41) is 3.00. The molecule has 0 aromatic heterocycles. The van der Waals surface area contributed by atoms with E-state index < -0.39 is 0 Å². The molecule has 0 spiro atoms.